The van der Waals surface area contributed by atoms with E-state index >= 15 is 0 Å². The lowest BCUT2D eigenvalue weighted by Crippen LogP contribution is -2.19. The summed E-state index contributed by atoms with van der Waals surface area (Å²) in [5, 5.41) is 6.12. The number of nitrogens with one attached hydrogen (secondary N) is 1. The average Bonchev–Trinajstić information content (AvgIpc) is 3.55. The first-order valence-corrected chi connectivity index (χ1v) is 18.1. The van der Waals surface area contributed by atoms with Crippen molar-refractivity contribution in [3.63, 3.8) is 0 Å². The zero-order chi connectivity index (χ0) is 36.3. The first kappa shape index (κ1) is 33.4. The summed E-state index contributed by atoms with van der Waals surface area (Å²) < 4.78 is 2.35. The monoisotopic (exact) mass is 683 g/mol. The summed E-state index contributed by atoms with van der Waals surface area (Å²) in [5.41, 5.74) is 15.4. The second-order valence-electron chi connectivity index (χ2n) is 13.5. The molecule has 1 N–H and O–H groups in total. The van der Waals surface area contributed by atoms with Crippen molar-refractivity contribution in [2.24, 2.45) is 4.99 Å². The first-order valence-electron chi connectivity index (χ1n) is 18.1. The molecule has 53 heavy (non-hydrogen) atoms. The second-order valence-corrected chi connectivity index (χ2v) is 13.5. The van der Waals surface area contributed by atoms with Crippen molar-refractivity contribution in [3.05, 3.63) is 211 Å². The standard InChI is InChI=1S/C50H41N3/c1-5-37-33-43(53-48-22-14-12-20-46(48)47-21-13-15-23-49(47)53)29-31-45(37)44-30-28-42(32-34(44)2)36(4)52-50(51-35(3)38-16-8-6-9-17-38)41-26-24-40(25-27-41)39-18-10-7-11-19-39/h5-33,50-51H,1,3H2,2,4H3. The van der Waals surface area contributed by atoms with Gasteiger partial charge in [-0.15, -0.1) is 0 Å². The van der Waals surface area contributed by atoms with Gasteiger partial charge in [0.1, 0.15) is 6.17 Å². The van der Waals surface area contributed by atoms with Gasteiger partial charge in [-0.2, -0.15) is 0 Å². The number of aromatic nitrogens is 1. The number of hydrogen-bond acceptors (Lipinski definition) is 2. The topological polar surface area (TPSA) is 29.3 Å². The van der Waals surface area contributed by atoms with Crippen LogP contribution >= 0.6 is 0 Å². The molecule has 0 bridgehead atoms. The Morgan fingerprint density at radius 1 is 0.623 bits per heavy atom. The van der Waals surface area contributed by atoms with E-state index in [1.807, 2.05) is 30.3 Å². The van der Waals surface area contributed by atoms with Gasteiger partial charge in [-0.25, -0.2) is 0 Å². The molecule has 8 rings (SSSR count). The molecule has 1 unspecified atom stereocenters. The minimum Gasteiger partial charge on any atom is -0.360 e. The number of fused-ring (bicyclic) bond motifs is 3. The number of para-hydroxylation sites is 2. The van der Waals surface area contributed by atoms with Crippen molar-refractivity contribution in [2.75, 3.05) is 0 Å². The van der Waals surface area contributed by atoms with E-state index in [0.29, 0.717) is 0 Å². The Bertz CT molecular complexity index is 2570. The van der Waals surface area contributed by atoms with Crippen LogP contribution in [0.2, 0.25) is 0 Å². The molecule has 0 saturated carbocycles. The summed E-state index contributed by atoms with van der Waals surface area (Å²) in [6, 6.07) is 59.9. The van der Waals surface area contributed by atoms with Gasteiger partial charge >= 0.3 is 0 Å². The molecule has 1 heterocycles. The quantitative estimate of drug-likeness (QED) is 0.143. The van der Waals surface area contributed by atoms with Crippen LogP contribution in [0.5, 0.6) is 0 Å². The zero-order valence-corrected chi connectivity index (χ0v) is 30.1. The fourth-order valence-corrected chi connectivity index (χ4v) is 7.33. The Hall–Kier alpha value is -6.71. The summed E-state index contributed by atoms with van der Waals surface area (Å²) in [5.74, 6) is 0. The SMILES string of the molecule is C=Cc1cc(-n2c3ccccc3c3ccccc32)ccc1-c1ccc(C(C)=NC(NC(=C)c2ccccc2)c2ccc(-c3ccccc3)cc2)cc1C. The summed E-state index contributed by atoms with van der Waals surface area (Å²) >= 11 is 0. The van der Waals surface area contributed by atoms with E-state index in [1.165, 1.54) is 44.1 Å². The number of hydrogen-bond donors (Lipinski definition) is 1. The molecule has 1 aromatic heterocycles. The predicted molar refractivity (Wildman–Crippen MR) is 226 cm³/mol. The van der Waals surface area contributed by atoms with Gasteiger partial charge in [0.25, 0.3) is 0 Å². The van der Waals surface area contributed by atoms with Gasteiger partial charge in [0, 0.05) is 27.9 Å². The van der Waals surface area contributed by atoms with Crippen molar-refractivity contribution in [1.29, 1.82) is 0 Å². The van der Waals surface area contributed by atoms with E-state index in [0.717, 1.165) is 44.9 Å². The lowest BCUT2D eigenvalue weighted by molar-refractivity contribution is 0.670. The summed E-state index contributed by atoms with van der Waals surface area (Å²) in [4.78, 5) is 5.28. The maximum atomic E-state index is 5.28. The number of aryl methyl sites for hydroxylation is 1. The normalized spacial score (nSPS) is 12.2. The highest BCUT2D eigenvalue weighted by atomic mass is 15.1. The highest BCUT2D eigenvalue weighted by molar-refractivity contribution is 6.09. The van der Waals surface area contributed by atoms with Crippen LogP contribution < -0.4 is 5.32 Å². The lowest BCUT2D eigenvalue weighted by atomic mass is 9.93. The number of nitrogens with zero attached hydrogens (tertiary/aromatic N) is 2. The molecule has 3 heteroatoms. The molecule has 0 aliphatic rings. The Morgan fingerprint density at radius 3 is 1.85 bits per heavy atom. The molecule has 0 aliphatic heterocycles. The Balaban J connectivity index is 1.12. The van der Waals surface area contributed by atoms with E-state index in [-0.39, 0.29) is 6.17 Å². The molecule has 3 nitrogen and oxygen atoms in total. The molecular weight excluding hydrogens is 643 g/mol. The average molecular weight is 684 g/mol. The van der Waals surface area contributed by atoms with Crippen LogP contribution in [0.15, 0.2) is 188 Å². The molecule has 8 aromatic rings. The number of benzene rings is 7. The summed E-state index contributed by atoms with van der Waals surface area (Å²) in [6.45, 7) is 12.9. The number of aliphatic imine (C=N–C) groups is 1. The van der Waals surface area contributed by atoms with Gasteiger partial charge in [0.05, 0.1) is 11.0 Å². The highest BCUT2D eigenvalue weighted by Gasteiger charge is 2.16. The summed E-state index contributed by atoms with van der Waals surface area (Å²) in [7, 11) is 0. The summed E-state index contributed by atoms with van der Waals surface area (Å²) in [6.07, 6.45) is 1.64. The predicted octanol–water partition coefficient (Wildman–Crippen LogP) is 12.8. The van der Waals surface area contributed by atoms with E-state index in [2.05, 4.69) is 182 Å². The van der Waals surface area contributed by atoms with Crippen molar-refractivity contribution in [1.82, 2.24) is 9.88 Å². The minimum atomic E-state index is -0.326. The molecular formula is C50H41N3. The van der Waals surface area contributed by atoms with Crippen molar-refractivity contribution in [3.8, 4) is 27.9 Å². The van der Waals surface area contributed by atoms with Crippen LogP contribution in [0.4, 0.5) is 0 Å². The van der Waals surface area contributed by atoms with Crippen LogP contribution in [0, 0.1) is 6.92 Å². The first-order chi connectivity index (χ1) is 26.0. The zero-order valence-electron chi connectivity index (χ0n) is 30.1. The molecule has 0 fully saturated rings. The van der Waals surface area contributed by atoms with Crippen LogP contribution in [-0.4, -0.2) is 10.3 Å². The smallest absolute Gasteiger partial charge is 0.145 e. The molecule has 1 atom stereocenters. The third-order valence-electron chi connectivity index (χ3n) is 10.1. The van der Waals surface area contributed by atoms with Crippen LogP contribution in [0.25, 0.3) is 61.5 Å². The second kappa shape index (κ2) is 14.5. The fraction of sp³-hybridized carbons (Fsp3) is 0.0600. The fourth-order valence-electron chi connectivity index (χ4n) is 7.33. The van der Waals surface area contributed by atoms with Gasteiger partial charge in [0.2, 0.25) is 0 Å². The molecule has 0 saturated heterocycles. The van der Waals surface area contributed by atoms with E-state index in [4.69, 9.17) is 4.99 Å². The minimum absolute atomic E-state index is 0.326. The maximum Gasteiger partial charge on any atom is 0.145 e. The van der Waals surface area contributed by atoms with Crippen molar-refractivity contribution >= 4 is 39.3 Å². The van der Waals surface area contributed by atoms with Crippen molar-refractivity contribution in [2.45, 2.75) is 20.0 Å². The Kier molecular flexibility index (Phi) is 9.14. The van der Waals surface area contributed by atoms with Crippen molar-refractivity contribution < 1.29 is 0 Å². The van der Waals surface area contributed by atoms with Crippen LogP contribution in [0.1, 0.15) is 40.9 Å². The Labute approximate surface area is 311 Å². The van der Waals surface area contributed by atoms with Gasteiger partial charge in [-0.3, -0.25) is 4.99 Å². The third-order valence-corrected chi connectivity index (χ3v) is 10.1. The van der Waals surface area contributed by atoms with Gasteiger partial charge in [0.15, 0.2) is 0 Å². The molecule has 0 radical (unpaired) electrons. The molecule has 0 spiro atoms. The van der Waals surface area contributed by atoms with Crippen LogP contribution in [-0.2, 0) is 0 Å². The number of rotatable bonds is 10. The molecule has 0 aliphatic carbocycles. The molecule has 256 valence electrons. The molecule has 0 amide bonds. The van der Waals surface area contributed by atoms with Gasteiger partial charge in [-0.1, -0.05) is 159 Å². The Morgan fingerprint density at radius 2 is 1.21 bits per heavy atom. The lowest BCUT2D eigenvalue weighted by Gasteiger charge is -2.20. The van der Waals surface area contributed by atoms with E-state index in [1.54, 1.807) is 0 Å². The largest absolute Gasteiger partial charge is 0.360 e. The van der Waals surface area contributed by atoms with E-state index < -0.39 is 0 Å². The third kappa shape index (κ3) is 6.61. The van der Waals surface area contributed by atoms with E-state index in [9.17, 15) is 0 Å². The molecule has 7 aromatic carbocycles. The highest BCUT2D eigenvalue weighted by Crippen LogP contribution is 2.35. The maximum absolute atomic E-state index is 5.28. The van der Waals surface area contributed by atoms with Gasteiger partial charge in [-0.05, 0) is 94.3 Å². The van der Waals surface area contributed by atoms with Gasteiger partial charge < -0.3 is 9.88 Å². The van der Waals surface area contributed by atoms with Crippen LogP contribution in [0.3, 0.4) is 0 Å².